The highest BCUT2D eigenvalue weighted by Crippen LogP contribution is 2.36. The fraction of sp³-hybridized carbons (Fsp3) is 0.467. The zero-order valence-corrected chi connectivity index (χ0v) is 11.0. The Labute approximate surface area is 116 Å². The van der Waals surface area contributed by atoms with Gasteiger partial charge in [0.1, 0.15) is 0 Å². The van der Waals surface area contributed by atoms with Crippen molar-refractivity contribution in [1.29, 1.82) is 0 Å². The van der Waals surface area contributed by atoms with Gasteiger partial charge >= 0.3 is 6.18 Å². The van der Waals surface area contributed by atoms with Crippen LogP contribution in [0.4, 0.5) is 18.9 Å². The van der Waals surface area contributed by atoms with Gasteiger partial charge in [-0.05, 0) is 36.5 Å². The minimum atomic E-state index is -4.48. The number of anilines is 1. The number of nitrogens with zero attached hydrogens (tertiary/aromatic N) is 1. The maximum absolute atomic E-state index is 13.0. The summed E-state index contributed by atoms with van der Waals surface area (Å²) >= 11 is 0. The van der Waals surface area contributed by atoms with Crippen LogP contribution in [0.15, 0.2) is 18.2 Å². The molecule has 0 aliphatic heterocycles. The van der Waals surface area contributed by atoms with Gasteiger partial charge in [0.15, 0.2) is 0 Å². The largest absolute Gasteiger partial charge is 0.416 e. The minimum absolute atomic E-state index is 0.117. The molecule has 1 aromatic rings. The average molecular weight is 283 g/mol. The molecule has 1 aliphatic rings. The molecule has 0 aromatic heterocycles. The second-order valence-electron chi connectivity index (χ2n) is 5.03. The van der Waals surface area contributed by atoms with Gasteiger partial charge in [-0.3, -0.25) is 0 Å². The molecule has 2 rings (SSSR count). The summed E-state index contributed by atoms with van der Waals surface area (Å²) in [6.07, 6.45) is 3.01. The van der Waals surface area contributed by atoms with Gasteiger partial charge in [-0.15, -0.1) is 6.42 Å². The molecule has 20 heavy (non-hydrogen) atoms. The van der Waals surface area contributed by atoms with Crippen molar-refractivity contribution in [3.8, 4) is 12.3 Å². The zero-order valence-electron chi connectivity index (χ0n) is 11.0. The van der Waals surface area contributed by atoms with E-state index >= 15 is 0 Å². The molecule has 0 heterocycles. The first-order valence-electron chi connectivity index (χ1n) is 6.45. The lowest BCUT2D eigenvalue weighted by molar-refractivity contribution is -0.138. The fourth-order valence-corrected chi connectivity index (χ4v) is 2.15. The summed E-state index contributed by atoms with van der Waals surface area (Å²) in [5, 5.41) is 9.02. The van der Waals surface area contributed by atoms with E-state index in [-0.39, 0.29) is 12.1 Å². The Hall–Kier alpha value is -1.67. The average Bonchev–Trinajstić information content (AvgIpc) is 3.20. The third-order valence-corrected chi connectivity index (χ3v) is 3.39. The van der Waals surface area contributed by atoms with Crippen LogP contribution in [0.25, 0.3) is 0 Å². The van der Waals surface area contributed by atoms with Crippen LogP contribution in [-0.2, 0) is 12.8 Å². The molecule has 2 nitrogen and oxygen atoms in total. The number of hydrogen-bond acceptors (Lipinski definition) is 2. The topological polar surface area (TPSA) is 23.5 Å². The first-order valence-corrected chi connectivity index (χ1v) is 6.45. The van der Waals surface area contributed by atoms with E-state index in [1.54, 1.807) is 11.0 Å². The van der Waals surface area contributed by atoms with Gasteiger partial charge in [0, 0.05) is 12.2 Å². The molecule has 1 saturated carbocycles. The molecule has 0 bridgehead atoms. The molecule has 5 heteroatoms. The van der Waals surface area contributed by atoms with Crippen LogP contribution in [0.3, 0.4) is 0 Å². The van der Waals surface area contributed by atoms with E-state index in [4.69, 9.17) is 11.5 Å². The van der Waals surface area contributed by atoms with Gasteiger partial charge in [0.25, 0.3) is 0 Å². The smallest absolute Gasteiger partial charge is 0.392 e. The van der Waals surface area contributed by atoms with Crippen molar-refractivity contribution in [2.45, 2.75) is 25.6 Å². The van der Waals surface area contributed by atoms with Crippen molar-refractivity contribution < 1.29 is 18.3 Å². The Morgan fingerprint density at radius 1 is 1.35 bits per heavy atom. The normalized spacial score (nSPS) is 14.9. The van der Waals surface area contributed by atoms with Crippen LogP contribution in [0, 0.1) is 18.3 Å². The van der Waals surface area contributed by atoms with E-state index in [1.807, 2.05) is 0 Å². The standard InChI is InChI=1S/C15H16F3NO/c1-2-7-19(9-11-3-4-11)13-6-5-12(10-20)14(8-13)15(16,17)18/h1,5-6,8,11,20H,3-4,7,9-10H2. The summed E-state index contributed by atoms with van der Waals surface area (Å²) in [6.45, 7) is 0.332. The number of terminal acetylenes is 1. The van der Waals surface area contributed by atoms with E-state index in [0.29, 0.717) is 18.2 Å². The van der Waals surface area contributed by atoms with Crippen molar-refractivity contribution >= 4 is 5.69 Å². The monoisotopic (exact) mass is 283 g/mol. The molecule has 1 N–H and O–H groups in total. The van der Waals surface area contributed by atoms with E-state index in [2.05, 4.69) is 5.92 Å². The lowest BCUT2D eigenvalue weighted by atomic mass is 10.1. The lowest BCUT2D eigenvalue weighted by Crippen LogP contribution is -2.26. The Bertz CT molecular complexity index is 515. The lowest BCUT2D eigenvalue weighted by Gasteiger charge is -2.24. The Kier molecular flexibility index (Phi) is 4.24. The predicted molar refractivity (Wildman–Crippen MR) is 71.1 cm³/mol. The Morgan fingerprint density at radius 3 is 2.55 bits per heavy atom. The Balaban J connectivity index is 2.32. The molecule has 108 valence electrons. The number of hydrogen-bond donors (Lipinski definition) is 1. The fourth-order valence-electron chi connectivity index (χ4n) is 2.15. The molecular weight excluding hydrogens is 267 g/mol. The SMILES string of the molecule is C#CCN(CC1CC1)c1ccc(CO)c(C(F)(F)F)c1. The number of aliphatic hydroxyl groups is 1. The van der Waals surface area contributed by atoms with Crippen LogP contribution in [0.2, 0.25) is 0 Å². The highest BCUT2D eigenvalue weighted by atomic mass is 19.4. The van der Waals surface area contributed by atoms with Gasteiger partial charge < -0.3 is 10.0 Å². The van der Waals surface area contributed by atoms with Gasteiger partial charge in [0.05, 0.1) is 18.7 Å². The van der Waals surface area contributed by atoms with Crippen molar-refractivity contribution in [3.05, 3.63) is 29.3 Å². The highest BCUT2D eigenvalue weighted by molar-refractivity contribution is 5.53. The zero-order chi connectivity index (χ0) is 14.8. The van der Waals surface area contributed by atoms with Gasteiger partial charge in [0.2, 0.25) is 0 Å². The number of halogens is 3. The third-order valence-electron chi connectivity index (χ3n) is 3.39. The van der Waals surface area contributed by atoms with E-state index in [9.17, 15) is 13.2 Å². The summed E-state index contributed by atoms with van der Waals surface area (Å²) < 4.78 is 38.9. The van der Waals surface area contributed by atoms with Gasteiger partial charge in [-0.2, -0.15) is 13.2 Å². The quantitative estimate of drug-likeness (QED) is 0.840. The molecule has 0 saturated heterocycles. The van der Waals surface area contributed by atoms with Crippen LogP contribution in [-0.4, -0.2) is 18.2 Å². The molecule has 1 aromatic carbocycles. The summed E-state index contributed by atoms with van der Waals surface area (Å²) in [5.74, 6) is 3.00. The maximum Gasteiger partial charge on any atom is 0.416 e. The molecule has 1 fully saturated rings. The summed E-state index contributed by atoms with van der Waals surface area (Å²) in [6, 6.07) is 3.97. The molecule has 0 radical (unpaired) electrons. The maximum atomic E-state index is 13.0. The first kappa shape index (κ1) is 14.7. The number of aliphatic hydroxyl groups excluding tert-OH is 1. The van der Waals surface area contributed by atoms with Crippen molar-refractivity contribution in [2.75, 3.05) is 18.0 Å². The number of rotatable bonds is 5. The van der Waals surface area contributed by atoms with Crippen molar-refractivity contribution in [3.63, 3.8) is 0 Å². The van der Waals surface area contributed by atoms with Crippen LogP contribution in [0.5, 0.6) is 0 Å². The molecule has 0 spiro atoms. The second-order valence-corrected chi connectivity index (χ2v) is 5.03. The first-order chi connectivity index (χ1) is 9.45. The highest BCUT2D eigenvalue weighted by Gasteiger charge is 2.34. The second kappa shape index (κ2) is 5.76. The minimum Gasteiger partial charge on any atom is -0.392 e. The third kappa shape index (κ3) is 3.45. The van der Waals surface area contributed by atoms with Crippen molar-refractivity contribution in [1.82, 2.24) is 0 Å². The van der Waals surface area contributed by atoms with Gasteiger partial charge in [-0.25, -0.2) is 0 Å². The molecule has 0 atom stereocenters. The van der Waals surface area contributed by atoms with Crippen LogP contribution < -0.4 is 4.90 Å². The van der Waals surface area contributed by atoms with Crippen LogP contribution >= 0.6 is 0 Å². The molecular formula is C15H16F3NO. The summed E-state index contributed by atoms with van der Waals surface area (Å²) in [4.78, 5) is 1.79. The molecule has 1 aliphatic carbocycles. The summed E-state index contributed by atoms with van der Waals surface area (Å²) in [5.41, 5.74) is -0.456. The predicted octanol–water partition coefficient (Wildman–Crippen LogP) is 3.05. The summed E-state index contributed by atoms with van der Waals surface area (Å²) in [7, 11) is 0. The van der Waals surface area contributed by atoms with Crippen LogP contribution in [0.1, 0.15) is 24.0 Å². The van der Waals surface area contributed by atoms with Crippen molar-refractivity contribution in [2.24, 2.45) is 5.92 Å². The van der Waals surface area contributed by atoms with Gasteiger partial charge in [-0.1, -0.05) is 12.0 Å². The number of alkyl halides is 3. The van der Waals surface area contributed by atoms with E-state index in [1.165, 1.54) is 6.07 Å². The van der Waals surface area contributed by atoms with E-state index < -0.39 is 18.3 Å². The molecule has 0 amide bonds. The molecule has 0 unspecified atom stereocenters. The van der Waals surface area contributed by atoms with E-state index in [0.717, 1.165) is 18.9 Å². The Morgan fingerprint density at radius 2 is 2.05 bits per heavy atom. The number of benzene rings is 1.